The van der Waals surface area contributed by atoms with Crippen LogP contribution in [0.4, 0.5) is 10.8 Å². The Labute approximate surface area is 167 Å². The van der Waals surface area contributed by atoms with E-state index in [-0.39, 0.29) is 0 Å². The Hall–Kier alpha value is -2.63. The lowest BCUT2D eigenvalue weighted by Gasteiger charge is -2.04. The highest BCUT2D eigenvalue weighted by molar-refractivity contribution is 7.16. The number of imidazole rings is 1. The fourth-order valence-electron chi connectivity index (χ4n) is 2.85. The summed E-state index contributed by atoms with van der Waals surface area (Å²) in [5.74, 6) is 0.877. The molecule has 0 aliphatic carbocycles. The molecule has 0 amide bonds. The number of benzene rings is 2. The van der Waals surface area contributed by atoms with E-state index in [9.17, 15) is 0 Å². The molecule has 2 heterocycles. The molecular formula is C21H19ClN4S. The van der Waals surface area contributed by atoms with Gasteiger partial charge in [0.15, 0.2) is 5.13 Å². The summed E-state index contributed by atoms with van der Waals surface area (Å²) < 4.78 is 0. The van der Waals surface area contributed by atoms with Crippen LogP contribution in [-0.2, 0) is 0 Å². The molecule has 4 nitrogen and oxygen atoms in total. The topological polar surface area (TPSA) is 53.6 Å². The van der Waals surface area contributed by atoms with Gasteiger partial charge in [-0.2, -0.15) is 0 Å². The molecule has 2 N–H and O–H groups in total. The standard InChI is InChI=1S/C21H19ClN4S/c1-12-4-5-16(10-18(12)22)19-14(3)27-21(26-19)25-17-8-6-15(7-9-17)20-23-11-13(2)24-20/h4-11H,1-3H3,(H,23,24)(H,25,26). The normalized spacial score (nSPS) is 11.0. The Morgan fingerprint density at radius 3 is 2.37 bits per heavy atom. The average Bonchev–Trinajstić information content (AvgIpc) is 3.24. The van der Waals surface area contributed by atoms with Gasteiger partial charge in [0.2, 0.25) is 0 Å². The maximum absolute atomic E-state index is 6.27. The quantitative estimate of drug-likeness (QED) is 0.414. The molecule has 0 saturated heterocycles. The van der Waals surface area contributed by atoms with E-state index in [0.717, 1.165) is 54.6 Å². The van der Waals surface area contributed by atoms with E-state index in [1.54, 1.807) is 11.3 Å². The van der Waals surface area contributed by atoms with E-state index < -0.39 is 0 Å². The van der Waals surface area contributed by atoms with E-state index >= 15 is 0 Å². The Balaban J connectivity index is 1.55. The maximum atomic E-state index is 6.27. The van der Waals surface area contributed by atoms with Crippen molar-refractivity contribution < 1.29 is 0 Å². The van der Waals surface area contributed by atoms with E-state index in [0.29, 0.717) is 0 Å². The number of anilines is 2. The van der Waals surface area contributed by atoms with Crippen molar-refractivity contribution in [3.05, 3.63) is 69.8 Å². The zero-order chi connectivity index (χ0) is 19.0. The lowest BCUT2D eigenvalue weighted by atomic mass is 10.1. The Morgan fingerprint density at radius 1 is 0.963 bits per heavy atom. The molecule has 0 unspecified atom stereocenters. The summed E-state index contributed by atoms with van der Waals surface area (Å²) in [5, 5.41) is 5.01. The summed E-state index contributed by atoms with van der Waals surface area (Å²) in [4.78, 5) is 13.5. The minimum Gasteiger partial charge on any atom is -0.344 e. The Bertz CT molecular complexity index is 1100. The largest absolute Gasteiger partial charge is 0.344 e. The van der Waals surface area contributed by atoms with Crippen LogP contribution in [-0.4, -0.2) is 15.0 Å². The van der Waals surface area contributed by atoms with Crippen LogP contribution in [0.5, 0.6) is 0 Å². The lowest BCUT2D eigenvalue weighted by Crippen LogP contribution is -1.90. The molecule has 4 rings (SSSR count). The third-order valence-corrected chi connectivity index (χ3v) is 5.65. The molecule has 6 heteroatoms. The van der Waals surface area contributed by atoms with Crippen molar-refractivity contribution in [3.63, 3.8) is 0 Å². The van der Waals surface area contributed by atoms with Crippen LogP contribution in [0.3, 0.4) is 0 Å². The second kappa shape index (κ2) is 7.18. The molecule has 2 aromatic carbocycles. The van der Waals surface area contributed by atoms with Gasteiger partial charge in [0.1, 0.15) is 5.82 Å². The molecule has 0 fully saturated rings. The van der Waals surface area contributed by atoms with E-state index in [1.165, 1.54) is 0 Å². The van der Waals surface area contributed by atoms with Gasteiger partial charge in [-0.3, -0.25) is 0 Å². The number of aryl methyl sites for hydroxylation is 3. The first-order valence-corrected chi connectivity index (χ1v) is 9.82. The molecule has 136 valence electrons. The van der Waals surface area contributed by atoms with Crippen LogP contribution < -0.4 is 5.32 Å². The lowest BCUT2D eigenvalue weighted by molar-refractivity contribution is 1.25. The van der Waals surface area contributed by atoms with Gasteiger partial charge < -0.3 is 10.3 Å². The van der Waals surface area contributed by atoms with Gasteiger partial charge in [0.25, 0.3) is 0 Å². The number of hydrogen-bond acceptors (Lipinski definition) is 4. The van der Waals surface area contributed by atoms with E-state index in [2.05, 4.69) is 28.3 Å². The molecule has 4 aromatic rings. The number of aromatic amines is 1. The van der Waals surface area contributed by atoms with Gasteiger partial charge in [0.05, 0.1) is 11.4 Å². The van der Waals surface area contributed by atoms with Gasteiger partial charge in [-0.1, -0.05) is 23.7 Å². The Morgan fingerprint density at radius 2 is 1.70 bits per heavy atom. The molecule has 0 atom stereocenters. The molecule has 0 bridgehead atoms. The van der Waals surface area contributed by atoms with Crippen molar-refractivity contribution in [2.45, 2.75) is 20.8 Å². The number of hydrogen-bond donors (Lipinski definition) is 2. The van der Waals surface area contributed by atoms with Crippen molar-refractivity contribution in [3.8, 4) is 22.6 Å². The summed E-state index contributed by atoms with van der Waals surface area (Å²) in [6.45, 7) is 6.05. The van der Waals surface area contributed by atoms with Gasteiger partial charge in [-0.05, 0) is 56.7 Å². The fraction of sp³-hybridized carbons (Fsp3) is 0.143. The molecule has 0 spiro atoms. The van der Waals surface area contributed by atoms with Crippen LogP contribution in [0.2, 0.25) is 5.02 Å². The van der Waals surface area contributed by atoms with Crippen molar-refractivity contribution in [2.75, 3.05) is 5.32 Å². The maximum Gasteiger partial charge on any atom is 0.187 e. The third kappa shape index (κ3) is 3.75. The van der Waals surface area contributed by atoms with Crippen LogP contribution in [0, 0.1) is 20.8 Å². The SMILES string of the molecule is Cc1c[nH]c(-c2ccc(Nc3nc(-c4ccc(C)c(Cl)c4)c(C)s3)cc2)n1. The minimum atomic E-state index is 0.762. The fourth-order valence-corrected chi connectivity index (χ4v) is 3.89. The number of nitrogens with one attached hydrogen (secondary N) is 2. The number of rotatable bonds is 4. The van der Waals surface area contributed by atoms with Gasteiger partial charge in [0, 0.05) is 32.9 Å². The van der Waals surface area contributed by atoms with Crippen LogP contribution in [0.25, 0.3) is 22.6 Å². The first kappa shape index (κ1) is 17.8. The number of H-pyrrole nitrogens is 1. The summed E-state index contributed by atoms with van der Waals surface area (Å²) in [6.07, 6.45) is 1.90. The predicted molar refractivity (Wildman–Crippen MR) is 114 cm³/mol. The first-order valence-electron chi connectivity index (χ1n) is 8.63. The van der Waals surface area contributed by atoms with Crippen LogP contribution in [0.15, 0.2) is 48.7 Å². The molecular weight excluding hydrogens is 376 g/mol. The average molecular weight is 395 g/mol. The Kier molecular flexibility index (Phi) is 4.72. The predicted octanol–water partition coefficient (Wildman–Crippen LogP) is 6.52. The van der Waals surface area contributed by atoms with Crippen molar-refractivity contribution in [1.82, 2.24) is 15.0 Å². The van der Waals surface area contributed by atoms with E-state index in [4.69, 9.17) is 16.6 Å². The smallest absolute Gasteiger partial charge is 0.187 e. The summed E-state index contributed by atoms with van der Waals surface area (Å²) in [7, 11) is 0. The second-order valence-electron chi connectivity index (χ2n) is 6.48. The van der Waals surface area contributed by atoms with Crippen LogP contribution in [0.1, 0.15) is 16.1 Å². The van der Waals surface area contributed by atoms with Crippen molar-refractivity contribution >= 4 is 33.8 Å². The van der Waals surface area contributed by atoms with Crippen molar-refractivity contribution in [1.29, 1.82) is 0 Å². The van der Waals surface area contributed by atoms with Crippen LogP contribution >= 0.6 is 22.9 Å². The molecule has 2 aromatic heterocycles. The van der Waals surface area contributed by atoms with Gasteiger partial charge in [-0.25, -0.2) is 9.97 Å². The van der Waals surface area contributed by atoms with Crippen molar-refractivity contribution in [2.24, 2.45) is 0 Å². The molecule has 27 heavy (non-hydrogen) atoms. The second-order valence-corrected chi connectivity index (χ2v) is 8.09. The molecule has 0 radical (unpaired) electrons. The van der Waals surface area contributed by atoms with Gasteiger partial charge in [-0.15, -0.1) is 11.3 Å². The van der Waals surface area contributed by atoms with E-state index in [1.807, 2.05) is 56.4 Å². The minimum absolute atomic E-state index is 0.762. The number of aromatic nitrogens is 3. The third-order valence-electron chi connectivity index (χ3n) is 4.36. The monoisotopic (exact) mass is 394 g/mol. The number of halogens is 1. The number of nitrogens with zero attached hydrogens (tertiary/aromatic N) is 2. The highest BCUT2D eigenvalue weighted by atomic mass is 35.5. The zero-order valence-corrected chi connectivity index (χ0v) is 16.9. The van der Waals surface area contributed by atoms with Gasteiger partial charge >= 0.3 is 0 Å². The summed E-state index contributed by atoms with van der Waals surface area (Å²) in [5.41, 5.74) is 6.10. The zero-order valence-electron chi connectivity index (χ0n) is 15.3. The highest BCUT2D eigenvalue weighted by Crippen LogP contribution is 2.34. The molecule has 0 aliphatic heterocycles. The first-order chi connectivity index (χ1) is 13.0. The molecule has 0 aliphatic rings. The summed E-state index contributed by atoms with van der Waals surface area (Å²) in [6, 6.07) is 14.2. The highest BCUT2D eigenvalue weighted by Gasteiger charge is 2.11. The summed E-state index contributed by atoms with van der Waals surface area (Å²) >= 11 is 7.91. The molecule has 0 saturated carbocycles. The number of thiazole rings is 1.